The van der Waals surface area contributed by atoms with Crippen LogP contribution in [-0.4, -0.2) is 32.4 Å². The van der Waals surface area contributed by atoms with Crippen LogP contribution < -0.4 is 5.73 Å². The number of rotatable bonds is 4. The first kappa shape index (κ1) is 16.4. The average molecular weight is 426 g/mol. The van der Waals surface area contributed by atoms with Gasteiger partial charge in [-0.3, -0.25) is 0 Å². The summed E-state index contributed by atoms with van der Waals surface area (Å²) in [5.74, 6) is 0.254. The molecule has 1 saturated carbocycles. The Morgan fingerprint density at radius 1 is 1.35 bits per heavy atom. The van der Waals surface area contributed by atoms with Crippen LogP contribution in [0.25, 0.3) is 0 Å². The highest BCUT2D eigenvalue weighted by Gasteiger charge is 2.36. The van der Waals surface area contributed by atoms with Crippen LogP contribution in [0.15, 0.2) is 32.0 Å². The fraction of sp³-hybridized carbons (Fsp3) is 0.538. The van der Waals surface area contributed by atoms with E-state index in [1.54, 1.807) is 25.2 Å². The molecular weight excluding hydrogens is 408 g/mol. The van der Waals surface area contributed by atoms with Gasteiger partial charge >= 0.3 is 0 Å². The summed E-state index contributed by atoms with van der Waals surface area (Å²) in [7, 11) is -1.85. The van der Waals surface area contributed by atoms with E-state index in [1.807, 2.05) is 0 Å². The van der Waals surface area contributed by atoms with Gasteiger partial charge in [0.05, 0.1) is 4.90 Å². The van der Waals surface area contributed by atoms with Crippen LogP contribution in [0.2, 0.25) is 0 Å². The molecule has 1 aliphatic rings. The number of sulfonamides is 1. The Kier molecular flexibility index (Phi) is 5.29. The number of nitrogens with zero attached hydrogens (tertiary/aromatic N) is 1. The minimum atomic E-state index is -3.50. The third-order valence-corrected chi connectivity index (χ3v) is 7.29. The zero-order chi connectivity index (χ0) is 14.9. The maximum Gasteiger partial charge on any atom is 0.244 e. The molecular formula is C13H18Br2N2O2S. The van der Waals surface area contributed by atoms with E-state index in [1.165, 1.54) is 4.31 Å². The first-order valence-corrected chi connectivity index (χ1v) is 9.53. The van der Waals surface area contributed by atoms with Gasteiger partial charge in [-0.15, -0.1) is 0 Å². The van der Waals surface area contributed by atoms with Gasteiger partial charge in [0.1, 0.15) is 0 Å². The summed E-state index contributed by atoms with van der Waals surface area (Å²) >= 11 is 6.66. The molecule has 0 spiro atoms. The van der Waals surface area contributed by atoms with Crippen molar-refractivity contribution < 1.29 is 8.42 Å². The second-order valence-electron chi connectivity index (χ2n) is 5.09. The van der Waals surface area contributed by atoms with Gasteiger partial charge in [0, 0.05) is 22.0 Å². The lowest BCUT2D eigenvalue weighted by atomic mass is 10.0. The second kappa shape index (κ2) is 6.44. The summed E-state index contributed by atoms with van der Waals surface area (Å²) < 4.78 is 28.4. The van der Waals surface area contributed by atoms with E-state index in [9.17, 15) is 8.42 Å². The van der Waals surface area contributed by atoms with E-state index in [4.69, 9.17) is 5.73 Å². The summed E-state index contributed by atoms with van der Waals surface area (Å²) in [6.45, 7) is 0.534. The summed E-state index contributed by atoms with van der Waals surface area (Å²) in [6, 6.07) is 5.10. The number of hydrogen-bond donors (Lipinski definition) is 1. The van der Waals surface area contributed by atoms with Crippen molar-refractivity contribution >= 4 is 41.9 Å². The lowest BCUT2D eigenvalue weighted by Crippen LogP contribution is -2.41. The van der Waals surface area contributed by atoms with Crippen molar-refractivity contribution in [2.24, 2.45) is 11.7 Å². The van der Waals surface area contributed by atoms with Gasteiger partial charge in [-0.05, 0) is 59.4 Å². The Morgan fingerprint density at radius 2 is 2.05 bits per heavy atom. The molecule has 2 N–H and O–H groups in total. The predicted octanol–water partition coefficient (Wildman–Crippen LogP) is 2.96. The number of halogens is 2. The van der Waals surface area contributed by atoms with Crippen LogP contribution in [0.1, 0.15) is 19.3 Å². The molecule has 20 heavy (non-hydrogen) atoms. The van der Waals surface area contributed by atoms with E-state index in [2.05, 4.69) is 31.9 Å². The van der Waals surface area contributed by atoms with Crippen LogP contribution >= 0.6 is 31.9 Å². The molecule has 2 rings (SSSR count). The maximum absolute atomic E-state index is 12.8. The predicted molar refractivity (Wildman–Crippen MR) is 87.0 cm³/mol. The van der Waals surface area contributed by atoms with Gasteiger partial charge in [-0.25, -0.2) is 8.42 Å². The van der Waals surface area contributed by atoms with Gasteiger partial charge in [-0.2, -0.15) is 4.31 Å². The minimum absolute atomic E-state index is 0.000506. The third kappa shape index (κ3) is 3.11. The molecule has 2 unspecified atom stereocenters. The zero-order valence-corrected chi connectivity index (χ0v) is 15.2. The van der Waals surface area contributed by atoms with E-state index in [-0.39, 0.29) is 12.0 Å². The molecule has 0 saturated heterocycles. The lowest BCUT2D eigenvalue weighted by molar-refractivity contribution is 0.304. The minimum Gasteiger partial charge on any atom is -0.330 e. The van der Waals surface area contributed by atoms with Crippen LogP contribution in [-0.2, 0) is 10.0 Å². The van der Waals surface area contributed by atoms with Crippen molar-refractivity contribution in [3.05, 3.63) is 27.1 Å². The van der Waals surface area contributed by atoms with Gasteiger partial charge in [-0.1, -0.05) is 22.4 Å². The smallest absolute Gasteiger partial charge is 0.244 e. The van der Waals surface area contributed by atoms with Gasteiger partial charge in [0.2, 0.25) is 10.0 Å². The van der Waals surface area contributed by atoms with Crippen molar-refractivity contribution in [1.82, 2.24) is 4.31 Å². The van der Waals surface area contributed by atoms with Crippen LogP contribution in [0.4, 0.5) is 0 Å². The van der Waals surface area contributed by atoms with E-state index in [0.717, 1.165) is 23.7 Å². The van der Waals surface area contributed by atoms with Crippen molar-refractivity contribution in [3.63, 3.8) is 0 Å². The Morgan fingerprint density at radius 3 is 2.65 bits per heavy atom. The zero-order valence-electron chi connectivity index (χ0n) is 11.2. The first-order valence-electron chi connectivity index (χ1n) is 6.51. The highest BCUT2D eigenvalue weighted by atomic mass is 79.9. The summed E-state index contributed by atoms with van der Waals surface area (Å²) in [6.07, 6.45) is 2.92. The Hall–Kier alpha value is 0.0500. The Bertz CT molecular complexity index is 592. The monoisotopic (exact) mass is 424 g/mol. The van der Waals surface area contributed by atoms with E-state index < -0.39 is 10.0 Å². The molecule has 0 bridgehead atoms. The molecule has 2 atom stereocenters. The molecule has 1 aromatic carbocycles. The molecule has 4 nitrogen and oxygen atoms in total. The fourth-order valence-electron chi connectivity index (χ4n) is 2.79. The summed E-state index contributed by atoms with van der Waals surface area (Å²) in [4.78, 5) is 0.297. The topological polar surface area (TPSA) is 63.4 Å². The lowest BCUT2D eigenvalue weighted by Gasteiger charge is -2.28. The Labute approximate surface area is 137 Å². The average Bonchev–Trinajstić information content (AvgIpc) is 2.85. The molecule has 0 amide bonds. The summed E-state index contributed by atoms with van der Waals surface area (Å²) in [5, 5.41) is 0. The van der Waals surface area contributed by atoms with Crippen LogP contribution in [0, 0.1) is 5.92 Å². The third-order valence-electron chi connectivity index (χ3n) is 3.94. The molecule has 0 radical (unpaired) electrons. The van der Waals surface area contributed by atoms with E-state index in [0.29, 0.717) is 15.9 Å². The van der Waals surface area contributed by atoms with Crippen molar-refractivity contribution in [2.75, 3.05) is 13.6 Å². The normalized spacial score (nSPS) is 23.4. The standard InChI is InChI=1S/C13H18Br2N2O2S/c1-17(12-4-2-3-9(12)8-16)20(18,19)13-6-5-10(14)7-11(13)15/h5-7,9,12H,2-4,8,16H2,1H3. The second-order valence-corrected chi connectivity index (χ2v) is 8.83. The Balaban J connectivity index is 2.34. The first-order chi connectivity index (χ1) is 9.37. The quantitative estimate of drug-likeness (QED) is 0.806. The van der Waals surface area contributed by atoms with Crippen molar-refractivity contribution in [1.29, 1.82) is 0 Å². The maximum atomic E-state index is 12.8. The number of nitrogens with two attached hydrogens (primary N) is 1. The molecule has 1 fully saturated rings. The summed E-state index contributed by atoms with van der Waals surface area (Å²) in [5.41, 5.74) is 5.76. The molecule has 0 heterocycles. The molecule has 7 heteroatoms. The number of hydrogen-bond acceptors (Lipinski definition) is 3. The van der Waals surface area contributed by atoms with Gasteiger partial charge < -0.3 is 5.73 Å². The van der Waals surface area contributed by atoms with Crippen molar-refractivity contribution in [3.8, 4) is 0 Å². The molecule has 1 aliphatic carbocycles. The van der Waals surface area contributed by atoms with E-state index >= 15 is 0 Å². The number of benzene rings is 1. The SMILES string of the molecule is CN(C1CCCC1CN)S(=O)(=O)c1ccc(Br)cc1Br. The van der Waals surface area contributed by atoms with Gasteiger partial charge in [0.15, 0.2) is 0 Å². The fourth-order valence-corrected chi connectivity index (χ4v) is 5.94. The highest BCUT2D eigenvalue weighted by molar-refractivity contribution is 9.11. The van der Waals surface area contributed by atoms with Gasteiger partial charge in [0.25, 0.3) is 0 Å². The molecule has 0 aliphatic heterocycles. The van der Waals surface area contributed by atoms with Crippen LogP contribution in [0.3, 0.4) is 0 Å². The van der Waals surface area contributed by atoms with Crippen LogP contribution in [0.5, 0.6) is 0 Å². The molecule has 0 aromatic heterocycles. The highest BCUT2D eigenvalue weighted by Crippen LogP contribution is 2.34. The van der Waals surface area contributed by atoms with Crippen molar-refractivity contribution in [2.45, 2.75) is 30.2 Å². The largest absolute Gasteiger partial charge is 0.330 e. The molecule has 1 aromatic rings. The molecule has 112 valence electrons.